The van der Waals surface area contributed by atoms with E-state index in [1.165, 1.54) is 12.4 Å². The largest absolute Gasteiger partial charge is 0.435 e. The van der Waals surface area contributed by atoms with Crippen LogP contribution < -0.4 is 0 Å². The van der Waals surface area contributed by atoms with Gasteiger partial charge < -0.3 is 0 Å². The first-order valence-corrected chi connectivity index (χ1v) is 8.97. The van der Waals surface area contributed by atoms with Gasteiger partial charge in [0.05, 0.1) is 17.1 Å². The second-order valence-electron chi connectivity index (χ2n) is 7.15. The first-order chi connectivity index (χ1) is 14.1. The zero-order chi connectivity index (χ0) is 21.5. The molecule has 0 unspecified atom stereocenters. The third kappa shape index (κ3) is 3.65. The number of rotatable bonds is 4. The van der Waals surface area contributed by atoms with E-state index < -0.39 is 17.3 Å². The molecule has 0 saturated heterocycles. The lowest BCUT2D eigenvalue weighted by Gasteiger charge is -2.24. The third-order valence-electron chi connectivity index (χ3n) is 4.58. The maximum absolute atomic E-state index is 12.8. The fraction of sp³-hybridized carbons (Fsp3) is 0.263. The Morgan fingerprint density at radius 3 is 1.73 bits per heavy atom. The average molecular weight is 414 g/mol. The van der Waals surface area contributed by atoms with Crippen molar-refractivity contribution in [3.8, 4) is 11.9 Å². The fourth-order valence-electron chi connectivity index (χ4n) is 2.86. The summed E-state index contributed by atoms with van der Waals surface area (Å²) in [6.07, 6.45) is 1.51. The Kier molecular flexibility index (Phi) is 4.60. The lowest BCUT2D eigenvalue weighted by molar-refractivity contribution is -0.141. The highest BCUT2D eigenvalue weighted by Crippen LogP contribution is 2.30. The maximum atomic E-state index is 12.8. The van der Waals surface area contributed by atoms with E-state index in [4.69, 9.17) is 0 Å². The zero-order valence-corrected chi connectivity index (χ0v) is 16.3. The molecule has 11 heteroatoms. The molecule has 0 spiro atoms. The van der Waals surface area contributed by atoms with Crippen molar-refractivity contribution in [2.45, 2.75) is 32.4 Å². The minimum Gasteiger partial charge on any atom is -0.220 e. The van der Waals surface area contributed by atoms with Crippen LogP contribution >= 0.6 is 0 Å². The molecule has 0 saturated carbocycles. The Hall–Kier alpha value is -3.63. The second-order valence-corrected chi connectivity index (χ2v) is 7.15. The van der Waals surface area contributed by atoms with Gasteiger partial charge in [-0.05, 0) is 45.0 Å². The predicted molar refractivity (Wildman–Crippen MR) is 100 cm³/mol. The van der Waals surface area contributed by atoms with E-state index in [0.29, 0.717) is 17.3 Å². The molecule has 0 aliphatic rings. The molecule has 0 radical (unpaired) electrons. The molecule has 30 heavy (non-hydrogen) atoms. The van der Waals surface area contributed by atoms with Gasteiger partial charge in [-0.3, -0.25) is 0 Å². The fourth-order valence-corrected chi connectivity index (χ4v) is 2.86. The van der Waals surface area contributed by atoms with Crippen LogP contribution in [0.5, 0.6) is 0 Å². The summed E-state index contributed by atoms with van der Waals surface area (Å²) < 4.78 is 41.1. The van der Waals surface area contributed by atoms with Gasteiger partial charge in [0, 0.05) is 30.2 Å². The number of nitrogens with zero attached hydrogens (tertiary/aromatic N) is 8. The van der Waals surface area contributed by atoms with Crippen LogP contribution in [-0.2, 0) is 11.6 Å². The number of aryl methyl sites for hydroxylation is 1. The highest BCUT2D eigenvalue weighted by molar-refractivity contribution is 5.31. The molecule has 0 fully saturated rings. The van der Waals surface area contributed by atoms with Crippen LogP contribution in [0.15, 0.2) is 49.1 Å². The van der Waals surface area contributed by atoms with Crippen molar-refractivity contribution < 1.29 is 13.2 Å². The molecule has 0 amide bonds. The number of aromatic nitrogens is 8. The summed E-state index contributed by atoms with van der Waals surface area (Å²) in [4.78, 5) is 17.3. The van der Waals surface area contributed by atoms with Gasteiger partial charge >= 0.3 is 6.18 Å². The molecule has 0 aromatic carbocycles. The summed E-state index contributed by atoms with van der Waals surface area (Å²) in [6.45, 7) is 5.68. The van der Waals surface area contributed by atoms with E-state index in [-0.39, 0.29) is 5.95 Å². The molecule has 4 aromatic heterocycles. The van der Waals surface area contributed by atoms with Gasteiger partial charge in [-0.1, -0.05) is 0 Å². The van der Waals surface area contributed by atoms with E-state index >= 15 is 0 Å². The minimum absolute atomic E-state index is 0.0352. The van der Waals surface area contributed by atoms with Crippen LogP contribution in [0.25, 0.3) is 11.9 Å². The molecular formula is C19H17F3N8. The lowest BCUT2D eigenvalue weighted by Crippen LogP contribution is -2.24. The van der Waals surface area contributed by atoms with Crippen LogP contribution in [0, 0.1) is 6.92 Å². The van der Waals surface area contributed by atoms with Crippen molar-refractivity contribution in [2.75, 3.05) is 0 Å². The summed E-state index contributed by atoms with van der Waals surface area (Å²) in [5.74, 6) is 0.443. The highest BCUT2D eigenvalue weighted by Gasteiger charge is 2.34. The number of halogens is 3. The monoisotopic (exact) mass is 414 g/mol. The first-order valence-electron chi connectivity index (χ1n) is 8.97. The van der Waals surface area contributed by atoms with Gasteiger partial charge in [-0.25, -0.2) is 29.3 Å². The Labute approximate surface area is 169 Å². The van der Waals surface area contributed by atoms with Crippen LogP contribution in [-0.4, -0.2) is 39.5 Å². The van der Waals surface area contributed by atoms with Crippen molar-refractivity contribution in [1.82, 2.24) is 39.5 Å². The number of hydrogen-bond donors (Lipinski definition) is 0. The molecule has 0 atom stereocenters. The Morgan fingerprint density at radius 1 is 0.733 bits per heavy atom. The molecule has 4 rings (SSSR count). The van der Waals surface area contributed by atoms with Gasteiger partial charge in [0.25, 0.3) is 11.9 Å². The van der Waals surface area contributed by atoms with E-state index in [9.17, 15) is 13.2 Å². The van der Waals surface area contributed by atoms with Crippen molar-refractivity contribution in [3.63, 3.8) is 0 Å². The average Bonchev–Trinajstić information content (AvgIpc) is 3.37. The molecule has 154 valence electrons. The maximum Gasteiger partial charge on any atom is 0.435 e. The molecule has 8 nitrogen and oxygen atoms in total. The molecular weight excluding hydrogens is 397 g/mol. The Bertz CT molecular complexity index is 1190. The van der Waals surface area contributed by atoms with Crippen LogP contribution in [0.4, 0.5) is 13.2 Å². The Balaban J connectivity index is 1.70. The minimum atomic E-state index is -4.54. The van der Waals surface area contributed by atoms with E-state index in [1.54, 1.807) is 29.2 Å². The van der Waals surface area contributed by atoms with Gasteiger partial charge in [0.15, 0.2) is 5.69 Å². The van der Waals surface area contributed by atoms with Crippen LogP contribution in [0.3, 0.4) is 0 Å². The van der Waals surface area contributed by atoms with Gasteiger partial charge in [-0.15, -0.1) is 0 Å². The summed E-state index contributed by atoms with van der Waals surface area (Å²) in [6, 6.07) is 6.18. The molecule has 0 aliphatic heterocycles. The van der Waals surface area contributed by atoms with Crippen LogP contribution in [0.2, 0.25) is 0 Å². The van der Waals surface area contributed by atoms with Gasteiger partial charge in [0.1, 0.15) is 0 Å². The Morgan fingerprint density at radius 2 is 1.27 bits per heavy atom. The van der Waals surface area contributed by atoms with Gasteiger partial charge in [0.2, 0.25) is 0 Å². The number of alkyl halides is 3. The van der Waals surface area contributed by atoms with E-state index in [1.807, 2.05) is 26.8 Å². The molecule has 4 heterocycles. The van der Waals surface area contributed by atoms with Crippen molar-refractivity contribution in [3.05, 3.63) is 71.8 Å². The third-order valence-corrected chi connectivity index (χ3v) is 4.58. The van der Waals surface area contributed by atoms with Crippen LogP contribution in [0.1, 0.15) is 36.6 Å². The number of hydrogen-bond acceptors (Lipinski definition) is 6. The summed E-state index contributed by atoms with van der Waals surface area (Å²) >= 11 is 0. The summed E-state index contributed by atoms with van der Waals surface area (Å²) in [5.41, 5.74) is 0.379. The van der Waals surface area contributed by atoms with Crippen molar-refractivity contribution >= 4 is 0 Å². The second kappa shape index (κ2) is 7.01. The summed E-state index contributed by atoms with van der Waals surface area (Å²) in [5, 5.41) is 7.85. The normalized spacial score (nSPS) is 12.3. The summed E-state index contributed by atoms with van der Waals surface area (Å²) in [7, 11) is 0. The smallest absolute Gasteiger partial charge is 0.220 e. The molecule has 4 aromatic rings. The first kappa shape index (κ1) is 19.7. The quantitative estimate of drug-likeness (QED) is 0.509. The van der Waals surface area contributed by atoms with Crippen molar-refractivity contribution in [1.29, 1.82) is 0 Å². The van der Waals surface area contributed by atoms with Crippen molar-refractivity contribution in [2.24, 2.45) is 0 Å². The zero-order valence-electron chi connectivity index (χ0n) is 16.3. The SMILES string of the molecule is Cc1ccn(-c2nccc(C(C)(C)c3ccnc(-n4ccc(C(F)(F)F)n4)n3)n2)n1. The highest BCUT2D eigenvalue weighted by atomic mass is 19.4. The van der Waals surface area contributed by atoms with E-state index in [2.05, 4.69) is 30.1 Å². The molecule has 0 N–H and O–H groups in total. The van der Waals surface area contributed by atoms with E-state index in [0.717, 1.165) is 16.4 Å². The molecule has 0 aliphatic carbocycles. The lowest BCUT2D eigenvalue weighted by atomic mass is 9.85. The predicted octanol–water partition coefficient (Wildman–Crippen LogP) is 3.29. The molecule has 0 bridgehead atoms. The topological polar surface area (TPSA) is 87.2 Å². The van der Waals surface area contributed by atoms with Gasteiger partial charge in [-0.2, -0.15) is 23.4 Å². The standard InChI is InChI=1S/C19H17F3N8/c1-12-6-10-29(27-12)16-23-8-4-13(25-16)18(2,3)14-5-9-24-17(26-14)30-11-7-15(28-30)19(20,21)22/h4-11H,1-3H3.